The fourth-order valence-electron chi connectivity index (χ4n) is 3.00. The fourth-order valence-corrected chi connectivity index (χ4v) is 3.00. The van der Waals surface area contributed by atoms with Crippen LogP contribution in [0.4, 0.5) is 0 Å². The molecule has 2 aromatic heterocycles. The highest BCUT2D eigenvalue weighted by Gasteiger charge is 2.16. The Labute approximate surface area is 143 Å². The van der Waals surface area contributed by atoms with E-state index in [4.69, 9.17) is 4.74 Å². The molecule has 0 amide bonds. The number of aromatic hydroxyl groups is 1. The molecule has 1 aromatic carbocycles. The van der Waals surface area contributed by atoms with E-state index in [-0.39, 0.29) is 11.4 Å². The van der Waals surface area contributed by atoms with E-state index in [1.165, 1.54) is 0 Å². The van der Waals surface area contributed by atoms with Crippen molar-refractivity contribution in [1.29, 1.82) is 0 Å². The van der Waals surface area contributed by atoms with E-state index in [0.29, 0.717) is 17.7 Å². The summed E-state index contributed by atoms with van der Waals surface area (Å²) >= 11 is 0. The molecule has 130 valence electrons. The van der Waals surface area contributed by atoms with Crippen LogP contribution < -0.4 is 5.69 Å². The maximum absolute atomic E-state index is 11.6. The van der Waals surface area contributed by atoms with Crippen LogP contribution in [-0.2, 0) is 11.2 Å². The third-order valence-corrected chi connectivity index (χ3v) is 4.34. The van der Waals surface area contributed by atoms with Gasteiger partial charge in [0.05, 0.1) is 24.6 Å². The van der Waals surface area contributed by atoms with E-state index < -0.39 is 0 Å². The molecule has 25 heavy (non-hydrogen) atoms. The Morgan fingerprint density at radius 2 is 1.76 bits per heavy atom. The van der Waals surface area contributed by atoms with Crippen molar-refractivity contribution >= 4 is 11.3 Å². The zero-order valence-corrected chi connectivity index (χ0v) is 13.7. The summed E-state index contributed by atoms with van der Waals surface area (Å²) in [5.41, 5.74) is 2.96. The van der Waals surface area contributed by atoms with Gasteiger partial charge in [0, 0.05) is 31.6 Å². The van der Waals surface area contributed by atoms with Crippen molar-refractivity contribution in [2.45, 2.75) is 6.42 Å². The minimum atomic E-state index is -0.322. The lowest BCUT2D eigenvalue weighted by molar-refractivity contribution is 0.0383. The molecule has 4 rings (SSSR count). The molecule has 0 aliphatic carbocycles. The molecular weight excluding hydrogens is 322 g/mol. The van der Waals surface area contributed by atoms with Crippen molar-refractivity contribution in [1.82, 2.24) is 24.8 Å². The van der Waals surface area contributed by atoms with E-state index >= 15 is 0 Å². The lowest BCUT2D eigenvalue weighted by Crippen LogP contribution is -2.37. The first-order chi connectivity index (χ1) is 12.2. The van der Waals surface area contributed by atoms with Gasteiger partial charge in [0.15, 0.2) is 11.3 Å². The number of hydrogen-bond acceptors (Lipinski definition) is 6. The van der Waals surface area contributed by atoms with Gasteiger partial charge in [0.25, 0.3) is 0 Å². The number of nitrogens with zero attached hydrogens (tertiary/aromatic N) is 3. The standard InChI is InChI=1S/C17H19N5O3/c23-12-3-1-11(2-4-12)14-13(5-6-22-7-9-25-10-8-22)18-15-16(19-14)21-17(24)20-15/h1-4,23H,5-10H2,(H2,18,19,20,21,24). The number of morpholine rings is 1. The van der Waals surface area contributed by atoms with Gasteiger partial charge in [-0.05, 0) is 24.3 Å². The summed E-state index contributed by atoms with van der Waals surface area (Å²) in [4.78, 5) is 28.4. The smallest absolute Gasteiger partial charge is 0.326 e. The molecule has 3 aromatic rings. The van der Waals surface area contributed by atoms with Crippen LogP contribution in [0.25, 0.3) is 22.6 Å². The van der Waals surface area contributed by atoms with E-state index in [2.05, 4.69) is 24.8 Å². The summed E-state index contributed by atoms with van der Waals surface area (Å²) in [6.45, 7) is 4.17. The van der Waals surface area contributed by atoms with Gasteiger partial charge in [-0.25, -0.2) is 14.8 Å². The molecule has 0 unspecified atom stereocenters. The molecule has 0 bridgehead atoms. The van der Waals surface area contributed by atoms with Gasteiger partial charge in [-0.3, -0.25) is 14.9 Å². The quantitative estimate of drug-likeness (QED) is 0.651. The number of phenols is 1. The Hall–Kier alpha value is -2.71. The summed E-state index contributed by atoms with van der Waals surface area (Å²) in [5.74, 6) is 0.197. The zero-order valence-electron chi connectivity index (χ0n) is 13.7. The number of nitrogens with one attached hydrogen (secondary N) is 2. The van der Waals surface area contributed by atoms with Crippen LogP contribution >= 0.6 is 0 Å². The molecular formula is C17H19N5O3. The molecule has 1 aliphatic heterocycles. The van der Waals surface area contributed by atoms with Crippen molar-refractivity contribution in [3.8, 4) is 17.0 Å². The molecule has 0 radical (unpaired) electrons. The predicted octanol–water partition coefficient (Wildman–Crippen LogP) is 0.893. The van der Waals surface area contributed by atoms with Crippen molar-refractivity contribution in [2.24, 2.45) is 0 Å². The van der Waals surface area contributed by atoms with Crippen LogP contribution in [-0.4, -0.2) is 62.8 Å². The molecule has 1 aliphatic rings. The normalized spacial score (nSPS) is 15.7. The Bertz CT molecular complexity index is 926. The number of aromatic amines is 2. The molecule has 1 saturated heterocycles. The third-order valence-electron chi connectivity index (χ3n) is 4.34. The Morgan fingerprint density at radius 3 is 2.48 bits per heavy atom. The predicted molar refractivity (Wildman–Crippen MR) is 92.6 cm³/mol. The topological polar surface area (TPSA) is 107 Å². The summed E-state index contributed by atoms with van der Waals surface area (Å²) in [7, 11) is 0. The molecule has 8 nitrogen and oxygen atoms in total. The average molecular weight is 341 g/mol. The first-order valence-corrected chi connectivity index (χ1v) is 8.27. The van der Waals surface area contributed by atoms with Gasteiger partial charge < -0.3 is 9.84 Å². The number of phenolic OH excluding ortho intramolecular Hbond substituents is 1. The number of H-pyrrole nitrogens is 2. The highest BCUT2D eigenvalue weighted by molar-refractivity contribution is 5.72. The highest BCUT2D eigenvalue weighted by Crippen LogP contribution is 2.24. The Balaban J connectivity index is 1.70. The van der Waals surface area contributed by atoms with Gasteiger partial charge in [0.2, 0.25) is 0 Å². The van der Waals surface area contributed by atoms with E-state index in [0.717, 1.165) is 49.8 Å². The van der Waals surface area contributed by atoms with E-state index in [1.54, 1.807) is 24.3 Å². The second-order valence-corrected chi connectivity index (χ2v) is 6.05. The second-order valence-electron chi connectivity index (χ2n) is 6.05. The van der Waals surface area contributed by atoms with E-state index in [9.17, 15) is 9.90 Å². The molecule has 3 heterocycles. The number of hydrogen-bond donors (Lipinski definition) is 3. The van der Waals surface area contributed by atoms with Crippen molar-refractivity contribution in [2.75, 3.05) is 32.8 Å². The summed E-state index contributed by atoms with van der Waals surface area (Å²) in [5, 5.41) is 9.51. The second kappa shape index (κ2) is 6.66. The molecule has 0 spiro atoms. The highest BCUT2D eigenvalue weighted by atomic mass is 16.5. The number of fused-ring (bicyclic) bond motifs is 1. The minimum Gasteiger partial charge on any atom is -0.508 e. The Kier molecular flexibility index (Phi) is 4.21. The van der Waals surface area contributed by atoms with Crippen LogP contribution in [0.3, 0.4) is 0 Å². The van der Waals surface area contributed by atoms with Crippen LogP contribution in [0, 0.1) is 0 Å². The first-order valence-electron chi connectivity index (χ1n) is 8.27. The molecule has 0 atom stereocenters. The van der Waals surface area contributed by atoms with Crippen molar-refractivity contribution < 1.29 is 9.84 Å². The zero-order chi connectivity index (χ0) is 17.2. The van der Waals surface area contributed by atoms with Crippen LogP contribution in [0.5, 0.6) is 5.75 Å². The fraction of sp³-hybridized carbons (Fsp3) is 0.353. The summed E-state index contributed by atoms with van der Waals surface area (Å²) in [6, 6.07) is 6.84. The number of aromatic nitrogens is 4. The maximum atomic E-state index is 11.6. The summed E-state index contributed by atoms with van der Waals surface area (Å²) < 4.78 is 5.38. The molecule has 0 saturated carbocycles. The van der Waals surface area contributed by atoms with Gasteiger partial charge in [-0.1, -0.05) is 0 Å². The summed E-state index contributed by atoms with van der Waals surface area (Å²) in [6.07, 6.45) is 0.715. The number of rotatable bonds is 4. The van der Waals surface area contributed by atoms with Crippen molar-refractivity contribution in [3.05, 3.63) is 40.4 Å². The van der Waals surface area contributed by atoms with Crippen LogP contribution in [0.15, 0.2) is 29.1 Å². The molecule has 3 N–H and O–H groups in total. The van der Waals surface area contributed by atoms with Gasteiger partial charge in [-0.2, -0.15) is 0 Å². The SMILES string of the molecule is O=c1[nH]c2nc(CCN3CCOCC3)c(-c3ccc(O)cc3)nc2[nH]1. The lowest BCUT2D eigenvalue weighted by Gasteiger charge is -2.26. The lowest BCUT2D eigenvalue weighted by atomic mass is 10.1. The number of benzene rings is 1. The molecule has 8 heteroatoms. The number of imidazole rings is 1. The first kappa shape index (κ1) is 15.8. The van der Waals surface area contributed by atoms with Crippen molar-refractivity contribution in [3.63, 3.8) is 0 Å². The monoisotopic (exact) mass is 341 g/mol. The van der Waals surface area contributed by atoms with E-state index in [1.807, 2.05) is 0 Å². The Morgan fingerprint density at radius 1 is 1.08 bits per heavy atom. The maximum Gasteiger partial charge on any atom is 0.326 e. The third kappa shape index (κ3) is 3.40. The van der Waals surface area contributed by atoms with Gasteiger partial charge in [-0.15, -0.1) is 0 Å². The molecule has 1 fully saturated rings. The average Bonchev–Trinajstić information content (AvgIpc) is 3.00. The van der Waals surface area contributed by atoms with Gasteiger partial charge in [0.1, 0.15) is 5.75 Å². The largest absolute Gasteiger partial charge is 0.508 e. The van der Waals surface area contributed by atoms with Gasteiger partial charge >= 0.3 is 5.69 Å². The van der Waals surface area contributed by atoms with Crippen LogP contribution in [0.2, 0.25) is 0 Å². The number of ether oxygens (including phenoxy) is 1. The minimum absolute atomic E-state index is 0.197. The van der Waals surface area contributed by atoms with Crippen LogP contribution in [0.1, 0.15) is 5.69 Å².